The standard InChI is InChI=1S/C13H11NO5/c1-17-11-6-3-8(7-14-11)12(15)9-4-5-10(19-9)13(16)18-2/h3-7H,1-2H3. The normalized spacial score (nSPS) is 10.0. The van der Waals surface area contributed by atoms with E-state index in [4.69, 9.17) is 9.15 Å². The molecule has 19 heavy (non-hydrogen) atoms. The summed E-state index contributed by atoms with van der Waals surface area (Å²) in [6.07, 6.45) is 1.38. The molecule has 2 aromatic rings. The average Bonchev–Trinajstić information content (AvgIpc) is 2.95. The Morgan fingerprint density at radius 2 is 1.84 bits per heavy atom. The van der Waals surface area contributed by atoms with Crippen molar-refractivity contribution in [2.75, 3.05) is 14.2 Å². The minimum atomic E-state index is -0.632. The topological polar surface area (TPSA) is 78.6 Å². The Labute approximate surface area is 109 Å². The van der Waals surface area contributed by atoms with Crippen molar-refractivity contribution in [3.8, 4) is 5.88 Å². The Morgan fingerprint density at radius 1 is 1.11 bits per heavy atom. The van der Waals surface area contributed by atoms with Crippen molar-refractivity contribution < 1.29 is 23.5 Å². The molecule has 0 atom stereocenters. The third-order valence-electron chi connectivity index (χ3n) is 2.42. The molecule has 2 heterocycles. The lowest BCUT2D eigenvalue weighted by Crippen LogP contribution is -2.02. The summed E-state index contributed by atoms with van der Waals surface area (Å²) in [6.45, 7) is 0. The van der Waals surface area contributed by atoms with Crippen LogP contribution in [0.2, 0.25) is 0 Å². The number of ether oxygens (including phenoxy) is 2. The zero-order valence-electron chi connectivity index (χ0n) is 10.4. The molecule has 2 aromatic heterocycles. The molecule has 0 aliphatic carbocycles. The molecule has 0 spiro atoms. The molecule has 0 N–H and O–H groups in total. The summed E-state index contributed by atoms with van der Waals surface area (Å²) >= 11 is 0. The average molecular weight is 261 g/mol. The van der Waals surface area contributed by atoms with Gasteiger partial charge in [-0.1, -0.05) is 0 Å². The Kier molecular flexibility index (Phi) is 3.61. The second kappa shape index (κ2) is 5.34. The van der Waals surface area contributed by atoms with Gasteiger partial charge in [0.2, 0.25) is 17.4 Å². The van der Waals surface area contributed by atoms with Crippen LogP contribution in [0, 0.1) is 0 Å². The Bertz CT molecular complexity index is 600. The number of rotatable bonds is 4. The molecule has 0 saturated heterocycles. The van der Waals surface area contributed by atoms with Crippen molar-refractivity contribution >= 4 is 11.8 Å². The number of furan rings is 1. The monoisotopic (exact) mass is 261 g/mol. The van der Waals surface area contributed by atoms with E-state index in [1.807, 2.05) is 0 Å². The van der Waals surface area contributed by atoms with Gasteiger partial charge >= 0.3 is 5.97 Å². The van der Waals surface area contributed by atoms with Gasteiger partial charge in [-0.2, -0.15) is 0 Å². The quantitative estimate of drug-likeness (QED) is 0.615. The molecule has 0 aliphatic heterocycles. The summed E-state index contributed by atoms with van der Waals surface area (Å²) < 4.78 is 14.5. The molecule has 98 valence electrons. The van der Waals surface area contributed by atoms with Crippen LogP contribution in [0.15, 0.2) is 34.9 Å². The van der Waals surface area contributed by atoms with E-state index in [9.17, 15) is 9.59 Å². The van der Waals surface area contributed by atoms with Crippen LogP contribution >= 0.6 is 0 Å². The van der Waals surface area contributed by atoms with Gasteiger partial charge in [0.15, 0.2) is 5.76 Å². The van der Waals surface area contributed by atoms with Crippen molar-refractivity contribution in [2.45, 2.75) is 0 Å². The van der Waals surface area contributed by atoms with Gasteiger partial charge in [-0.15, -0.1) is 0 Å². The maximum atomic E-state index is 12.0. The van der Waals surface area contributed by atoms with E-state index in [0.717, 1.165) is 0 Å². The largest absolute Gasteiger partial charge is 0.481 e. The zero-order valence-corrected chi connectivity index (χ0v) is 10.4. The lowest BCUT2D eigenvalue weighted by molar-refractivity contribution is 0.0563. The molecule has 2 rings (SSSR count). The summed E-state index contributed by atoms with van der Waals surface area (Å²) in [5.41, 5.74) is 0.339. The highest BCUT2D eigenvalue weighted by atomic mass is 16.5. The molecule has 0 bridgehead atoms. The van der Waals surface area contributed by atoms with Gasteiger partial charge in [0.05, 0.1) is 14.2 Å². The third-order valence-corrected chi connectivity index (χ3v) is 2.42. The van der Waals surface area contributed by atoms with Crippen LogP contribution < -0.4 is 4.74 Å². The number of ketones is 1. The van der Waals surface area contributed by atoms with E-state index in [1.165, 1.54) is 32.5 Å². The molecule has 0 radical (unpaired) electrons. The first-order valence-electron chi connectivity index (χ1n) is 5.38. The number of methoxy groups -OCH3 is 2. The summed E-state index contributed by atoms with van der Waals surface area (Å²) in [4.78, 5) is 27.2. The minimum absolute atomic E-state index is 0.0210. The third kappa shape index (κ3) is 2.62. The van der Waals surface area contributed by atoms with Gasteiger partial charge in [-0.3, -0.25) is 4.79 Å². The molecule has 6 nitrogen and oxygen atoms in total. The second-order valence-electron chi connectivity index (χ2n) is 3.57. The maximum Gasteiger partial charge on any atom is 0.373 e. The Morgan fingerprint density at radius 3 is 2.42 bits per heavy atom. The molecular weight excluding hydrogens is 250 g/mol. The predicted octanol–water partition coefficient (Wildman–Crippen LogP) is 1.70. The van der Waals surface area contributed by atoms with Crippen molar-refractivity contribution in [3.05, 3.63) is 47.5 Å². The van der Waals surface area contributed by atoms with Crippen LogP contribution in [0.25, 0.3) is 0 Å². The Hall–Kier alpha value is -2.63. The highest BCUT2D eigenvalue weighted by Gasteiger charge is 2.17. The fourth-order valence-electron chi connectivity index (χ4n) is 1.45. The van der Waals surface area contributed by atoms with E-state index >= 15 is 0 Å². The zero-order chi connectivity index (χ0) is 13.8. The number of nitrogens with zero attached hydrogens (tertiary/aromatic N) is 1. The maximum absolute atomic E-state index is 12.0. The van der Waals surface area contributed by atoms with E-state index in [0.29, 0.717) is 11.4 Å². The summed E-state index contributed by atoms with van der Waals surface area (Å²) in [5, 5.41) is 0. The summed E-state index contributed by atoms with van der Waals surface area (Å²) in [6, 6.07) is 5.93. The Balaban J connectivity index is 2.23. The van der Waals surface area contributed by atoms with Crippen LogP contribution in [-0.4, -0.2) is 31.0 Å². The van der Waals surface area contributed by atoms with Gasteiger partial charge in [0.25, 0.3) is 0 Å². The van der Waals surface area contributed by atoms with Gasteiger partial charge in [-0.05, 0) is 18.2 Å². The van der Waals surface area contributed by atoms with Crippen LogP contribution in [0.1, 0.15) is 26.7 Å². The highest BCUT2D eigenvalue weighted by Crippen LogP contribution is 2.15. The molecular formula is C13H11NO5. The SMILES string of the molecule is COC(=O)c1ccc(C(=O)c2ccc(OC)nc2)o1. The van der Waals surface area contributed by atoms with Gasteiger partial charge < -0.3 is 13.9 Å². The fraction of sp³-hybridized carbons (Fsp3) is 0.154. The first kappa shape index (κ1) is 12.8. The van der Waals surface area contributed by atoms with Crippen LogP contribution in [0.3, 0.4) is 0 Å². The minimum Gasteiger partial charge on any atom is -0.481 e. The fourth-order valence-corrected chi connectivity index (χ4v) is 1.45. The second-order valence-corrected chi connectivity index (χ2v) is 3.57. The molecule has 0 aromatic carbocycles. The number of hydrogen-bond donors (Lipinski definition) is 0. The number of aromatic nitrogens is 1. The predicted molar refractivity (Wildman–Crippen MR) is 64.3 cm³/mol. The van der Waals surface area contributed by atoms with Crippen LogP contribution in [0.4, 0.5) is 0 Å². The van der Waals surface area contributed by atoms with E-state index in [-0.39, 0.29) is 17.3 Å². The number of pyridine rings is 1. The number of carbonyl (C=O) groups excluding carboxylic acids is 2. The smallest absolute Gasteiger partial charge is 0.373 e. The van der Waals surface area contributed by atoms with Gasteiger partial charge in [0, 0.05) is 17.8 Å². The van der Waals surface area contributed by atoms with Gasteiger partial charge in [0.1, 0.15) is 0 Å². The van der Waals surface area contributed by atoms with E-state index in [2.05, 4.69) is 9.72 Å². The molecule has 0 amide bonds. The van der Waals surface area contributed by atoms with Crippen LogP contribution in [0.5, 0.6) is 5.88 Å². The lowest BCUT2D eigenvalue weighted by atomic mass is 10.1. The number of esters is 1. The molecule has 6 heteroatoms. The number of hydrogen-bond acceptors (Lipinski definition) is 6. The molecule has 0 aliphatic rings. The summed E-state index contributed by atoms with van der Waals surface area (Å²) in [7, 11) is 2.72. The number of carbonyl (C=O) groups is 2. The van der Waals surface area contributed by atoms with E-state index in [1.54, 1.807) is 12.1 Å². The van der Waals surface area contributed by atoms with Crippen LogP contribution in [-0.2, 0) is 4.74 Å². The van der Waals surface area contributed by atoms with Gasteiger partial charge in [-0.25, -0.2) is 9.78 Å². The van der Waals surface area contributed by atoms with Crippen molar-refractivity contribution in [3.63, 3.8) is 0 Å². The summed E-state index contributed by atoms with van der Waals surface area (Å²) in [5.74, 6) is -0.567. The molecule has 0 saturated carbocycles. The lowest BCUT2D eigenvalue weighted by Gasteiger charge is -2.00. The molecule has 0 fully saturated rings. The van der Waals surface area contributed by atoms with Crippen molar-refractivity contribution in [2.24, 2.45) is 0 Å². The highest BCUT2D eigenvalue weighted by molar-refractivity contribution is 6.07. The van der Waals surface area contributed by atoms with Crippen molar-refractivity contribution in [1.29, 1.82) is 0 Å². The van der Waals surface area contributed by atoms with E-state index < -0.39 is 5.97 Å². The molecule has 0 unspecified atom stereocenters. The van der Waals surface area contributed by atoms with Crippen molar-refractivity contribution in [1.82, 2.24) is 4.98 Å². The first-order valence-corrected chi connectivity index (χ1v) is 5.38. The first-order chi connectivity index (χ1) is 9.15.